The number of pyridine rings is 1. The molecule has 0 aromatic carbocycles. The maximum Gasteiger partial charge on any atom is 0.166 e. The molecule has 1 heterocycles. The lowest BCUT2D eigenvalue weighted by atomic mass is 10.4. The largest absolute Gasteiger partial charge is 0.397 e. The molecule has 90 valence electrons. The Morgan fingerprint density at radius 2 is 2.06 bits per heavy atom. The number of rotatable bonds is 7. The molecule has 4 nitrogen and oxygen atoms in total. The highest BCUT2D eigenvalue weighted by Gasteiger charge is 2.09. The van der Waals surface area contributed by atoms with Crippen molar-refractivity contribution in [1.82, 2.24) is 4.98 Å². The topological polar surface area (TPSA) is 57.4 Å². The van der Waals surface area contributed by atoms with Gasteiger partial charge in [-0.05, 0) is 19.9 Å². The monoisotopic (exact) mass is 242 g/mol. The highest BCUT2D eigenvalue weighted by Crippen LogP contribution is 2.24. The predicted octanol–water partition coefficient (Wildman–Crippen LogP) is 2.16. The molecule has 0 aliphatic heterocycles. The van der Waals surface area contributed by atoms with Crippen LogP contribution in [0, 0.1) is 0 Å². The predicted molar refractivity (Wildman–Crippen MR) is 66.4 cm³/mol. The second kappa shape index (κ2) is 7.49. The number of aromatic nitrogens is 1. The van der Waals surface area contributed by atoms with Crippen LogP contribution < -0.4 is 5.73 Å². The van der Waals surface area contributed by atoms with E-state index in [1.165, 1.54) is 0 Å². The van der Waals surface area contributed by atoms with Gasteiger partial charge < -0.3 is 15.2 Å². The Morgan fingerprint density at radius 1 is 1.38 bits per heavy atom. The molecule has 0 saturated carbocycles. The molecule has 0 aliphatic carbocycles. The second-order valence-corrected chi connectivity index (χ2v) is 4.13. The van der Waals surface area contributed by atoms with Gasteiger partial charge in [0.1, 0.15) is 0 Å². The van der Waals surface area contributed by atoms with Gasteiger partial charge in [0.2, 0.25) is 0 Å². The van der Waals surface area contributed by atoms with Gasteiger partial charge in [-0.25, -0.2) is 0 Å². The Labute approximate surface area is 101 Å². The quantitative estimate of drug-likeness (QED) is 0.586. The number of nitrogen functional groups attached to an aromatic ring is 1. The number of thioether (sulfide) groups is 1. The molecular weight excluding hydrogens is 224 g/mol. The lowest BCUT2D eigenvalue weighted by molar-refractivity contribution is -0.120. The first kappa shape index (κ1) is 13.3. The summed E-state index contributed by atoms with van der Waals surface area (Å²) in [6.07, 6.45) is 3.21. The average molecular weight is 242 g/mol. The van der Waals surface area contributed by atoms with Crippen molar-refractivity contribution in [1.29, 1.82) is 0 Å². The Morgan fingerprint density at radius 3 is 2.62 bits per heavy atom. The van der Waals surface area contributed by atoms with E-state index < -0.39 is 0 Å². The van der Waals surface area contributed by atoms with Crippen molar-refractivity contribution >= 4 is 17.4 Å². The highest BCUT2D eigenvalue weighted by molar-refractivity contribution is 7.99. The van der Waals surface area contributed by atoms with Gasteiger partial charge >= 0.3 is 0 Å². The minimum atomic E-state index is -0.174. The molecule has 2 N–H and O–H groups in total. The fourth-order valence-corrected chi connectivity index (χ4v) is 2.08. The first-order valence-electron chi connectivity index (χ1n) is 5.33. The molecule has 0 aliphatic rings. The number of anilines is 1. The summed E-state index contributed by atoms with van der Waals surface area (Å²) in [5, 5.41) is 0. The molecule has 0 atom stereocenters. The molecule has 0 radical (unpaired) electrons. The van der Waals surface area contributed by atoms with Crippen molar-refractivity contribution in [3.05, 3.63) is 18.5 Å². The zero-order chi connectivity index (χ0) is 11.8. The fourth-order valence-electron chi connectivity index (χ4n) is 1.20. The van der Waals surface area contributed by atoms with Gasteiger partial charge in [-0.3, -0.25) is 4.98 Å². The van der Waals surface area contributed by atoms with Crippen LogP contribution in [0.4, 0.5) is 5.69 Å². The molecule has 0 saturated heterocycles. The number of nitrogens with zero attached hydrogens (tertiary/aromatic N) is 1. The third-order valence-corrected chi connectivity index (χ3v) is 3.01. The van der Waals surface area contributed by atoms with Gasteiger partial charge in [0.15, 0.2) is 6.29 Å². The zero-order valence-electron chi connectivity index (χ0n) is 9.68. The number of hydrogen-bond donors (Lipinski definition) is 1. The summed E-state index contributed by atoms with van der Waals surface area (Å²) in [6, 6.07) is 1.90. The summed E-state index contributed by atoms with van der Waals surface area (Å²) >= 11 is 1.62. The molecule has 0 fully saturated rings. The van der Waals surface area contributed by atoms with Crippen LogP contribution >= 0.6 is 11.8 Å². The van der Waals surface area contributed by atoms with Crippen molar-refractivity contribution in [3.63, 3.8) is 0 Å². The molecule has 0 bridgehead atoms. The lowest BCUT2D eigenvalue weighted by Gasteiger charge is -2.16. The van der Waals surface area contributed by atoms with Gasteiger partial charge in [-0.15, -0.1) is 11.8 Å². The highest BCUT2D eigenvalue weighted by atomic mass is 32.2. The van der Waals surface area contributed by atoms with E-state index in [0.29, 0.717) is 18.9 Å². The lowest BCUT2D eigenvalue weighted by Crippen LogP contribution is -2.20. The number of ether oxygens (including phenoxy) is 2. The molecule has 1 rings (SSSR count). The minimum Gasteiger partial charge on any atom is -0.397 e. The summed E-state index contributed by atoms with van der Waals surface area (Å²) in [4.78, 5) is 4.96. The Hall–Kier alpha value is -0.780. The zero-order valence-corrected chi connectivity index (χ0v) is 10.5. The average Bonchev–Trinajstić information content (AvgIpc) is 2.28. The standard InChI is InChI=1S/C11H18N2O2S/c1-3-14-11(15-4-2)8-16-10-5-6-13-7-9(10)12/h5-7,11H,3-4,8,12H2,1-2H3. The van der Waals surface area contributed by atoms with Crippen molar-refractivity contribution in [2.75, 3.05) is 24.7 Å². The van der Waals surface area contributed by atoms with E-state index in [2.05, 4.69) is 4.98 Å². The molecule has 1 aromatic rings. The van der Waals surface area contributed by atoms with Gasteiger partial charge in [0.05, 0.1) is 11.9 Å². The van der Waals surface area contributed by atoms with E-state index in [1.807, 2.05) is 19.9 Å². The smallest absolute Gasteiger partial charge is 0.166 e. The van der Waals surface area contributed by atoms with E-state index in [4.69, 9.17) is 15.2 Å². The van der Waals surface area contributed by atoms with Crippen molar-refractivity contribution in [2.24, 2.45) is 0 Å². The maximum absolute atomic E-state index is 5.79. The summed E-state index contributed by atoms with van der Waals surface area (Å²) in [6.45, 7) is 5.21. The summed E-state index contributed by atoms with van der Waals surface area (Å²) in [5.41, 5.74) is 6.48. The van der Waals surface area contributed by atoms with Crippen molar-refractivity contribution in [3.8, 4) is 0 Å². The Bertz CT molecular complexity index is 304. The number of hydrogen-bond acceptors (Lipinski definition) is 5. The van der Waals surface area contributed by atoms with Crippen LogP contribution in [0.1, 0.15) is 13.8 Å². The number of nitrogens with two attached hydrogens (primary N) is 1. The van der Waals surface area contributed by atoms with Gasteiger partial charge in [-0.2, -0.15) is 0 Å². The molecule has 1 aromatic heterocycles. The molecule has 0 unspecified atom stereocenters. The van der Waals surface area contributed by atoms with Crippen LogP contribution in [-0.4, -0.2) is 30.2 Å². The van der Waals surface area contributed by atoms with Crippen molar-refractivity contribution < 1.29 is 9.47 Å². The van der Waals surface area contributed by atoms with E-state index in [0.717, 1.165) is 10.6 Å². The molecule has 5 heteroatoms. The third kappa shape index (κ3) is 4.38. The van der Waals surface area contributed by atoms with Gasteiger partial charge in [0.25, 0.3) is 0 Å². The fraction of sp³-hybridized carbons (Fsp3) is 0.545. The Balaban J connectivity index is 2.45. The van der Waals surface area contributed by atoms with E-state index >= 15 is 0 Å². The van der Waals surface area contributed by atoms with Crippen molar-refractivity contribution in [2.45, 2.75) is 25.0 Å². The summed E-state index contributed by atoms with van der Waals surface area (Å²) < 4.78 is 10.9. The van der Waals surface area contributed by atoms with Crippen LogP contribution in [0.15, 0.2) is 23.4 Å². The SMILES string of the molecule is CCOC(CSc1ccncc1N)OCC. The maximum atomic E-state index is 5.79. The minimum absolute atomic E-state index is 0.174. The van der Waals surface area contributed by atoms with Crippen LogP contribution in [-0.2, 0) is 9.47 Å². The molecule has 0 amide bonds. The van der Waals surface area contributed by atoms with Crippen LogP contribution in [0.5, 0.6) is 0 Å². The molecule has 0 spiro atoms. The van der Waals surface area contributed by atoms with E-state index in [-0.39, 0.29) is 6.29 Å². The van der Waals surface area contributed by atoms with E-state index in [1.54, 1.807) is 24.2 Å². The first-order chi connectivity index (χ1) is 7.77. The third-order valence-electron chi connectivity index (χ3n) is 1.89. The normalized spacial score (nSPS) is 10.9. The Kier molecular flexibility index (Phi) is 6.22. The van der Waals surface area contributed by atoms with Crippen LogP contribution in [0.2, 0.25) is 0 Å². The first-order valence-corrected chi connectivity index (χ1v) is 6.32. The van der Waals surface area contributed by atoms with Gasteiger partial charge in [-0.1, -0.05) is 0 Å². The molecule has 16 heavy (non-hydrogen) atoms. The van der Waals surface area contributed by atoms with E-state index in [9.17, 15) is 0 Å². The summed E-state index contributed by atoms with van der Waals surface area (Å²) in [7, 11) is 0. The van der Waals surface area contributed by atoms with Gasteiger partial charge in [0, 0.05) is 30.1 Å². The molecular formula is C11H18N2O2S. The van der Waals surface area contributed by atoms with Crippen LogP contribution in [0.25, 0.3) is 0 Å². The van der Waals surface area contributed by atoms with Crippen LogP contribution in [0.3, 0.4) is 0 Å². The summed E-state index contributed by atoms with van der Waals surface area (Å²) in [5.74, 6) is 0.732. The second-order valence-electron chi connectivity index (χ2n) is 3.06.